The van der Waals surface area contributed by atoms with E-state index in [1.807, 2.05) is 6.92 Å². The third-order valence-electron chi connectivity index (χ3n) is 2.03. The van der Waals surface area contributed by atoms with Crippen LogP contribution in [0, 0.1) is 0 Å². The molecule has 1 aliphatic heterocycles. The van der Waals surface area contributed by atoms with Crippen molar-refractivity contribution in [3.8, 4) is 11.5 Å². The summed E-state index contributed by atoms with van der Waals surface area (Å²) in [5.74, 6) is 0.853. The van der Waals surface area contributed by atoms with Crippen molar-refractivity contribution in [2.45, 2.75) is 6.92 Å². The number of fused-ring (bicyclic) bond motifs is 1. The monoisotopic (exact) mass is 227 g/mol. The van der Waals surface area contributed by atoms with Gasteiger partial charge in [0.05, 0.1) is 5.02 Å². The molecule has 0 spiro atoms. The first kappa shape index (κ1) is 10.1. The van der Waals surface area contributed by atoms with Crippen LogP contribution < -0.4 is 14.8 Å². The first-order chi connectivity index (χ1) is 7.22. The third-order valence-corrected chi connectivity index (χ3v) is 2.31. The first-order valence-electron chi connectivity index (χ1n) is 4.59. The van der Waals surface area contributed by atoms with Crippen LogP contribution in [0.3, 0.4) is 0 Å². The fraction of sp³-hybridized carbons (Fsp3) is 0.300. The molecule has 0 bridgehead atoms. The molecule has 4 nitrogen and oxygen atoms in total. The molecule has 0 aromatic heterocycles. The molecule has 0 aliphatic carbocycles. The van der Waals surface area contributed by atoms with Crippen LogP contribution >= 0.6 is 11.6 Å². The highest BCUT2D eigenvalue weighted by atomic mass is 35.5. The van der Waals surface area contributed by atoms with Gasteiger partial charge in [-0.15, -0.1) is 0 Å². The zero-order valence-electron chi connectivity index (χ0n) is 8.17. The van der Waals surface area contributed by atoms with Crippen LogP contribution in [0.2, 0.25) is 5.02 Å². The lowest BCUT2D eigenvalue weighted by Gasteiger charge is -2.04. The summed E-state index contributed by atoms with van der Waals surface area (Å²) >= 11 is 5.93. The van der Waals surface area contributed by atoms with Gasteiger partial charge in [0.2, 0.25) is 6.79 Å². The molecule has 0 radical (unpaired) electrons. The summed E-state index contributed by atoms with van der Waals surface area (Å²) < 4.78 is 10.3. The van der Waals surface area contributed by atoms with Gasteiger partial charge in [0.15, 0.2) is 11.5 Å². The predicted molar refractivity (Wildman–Crippen MR) is 55.6 cm³/mol. The lowest BCUT2D eigenvalue weighted by Crippen LogP contribution is -2.22. The van der Waals surface area contributed by atoms with Gasteiger partial charge in [-0.05, 0) is 19.1 Å². The number of carbonyl (C=O) groups is 1. The van der Waals surface area contributed by atoms with Crippen LogP contribution in [-0.2, 0) is 0 Å². The van der Waals surface area contributed by atoms with E-state index in [0.717, 1.165) is 0 Å². The van der Waals surface area contributed by atoms with Gasteiger partial charge >= 0.3 is 0 Å². The normalized spacial score (nSPS) is 12.7. The Bertz CT molecular complexity index is 406. The Morgan fingerprint density at radius 1 is 1.53 bits per heavy atom. The van der Waals surface area contributed by atoms with Crippen LogP contribution in [0.4, 0.5) is 0 Å². The van der Waals surface area contributed by atoms with E-state index in [-0.39, 0.29) is 12.7 Å². The molecule has 0 unspecified atom stereocenters. The van der Waals surface area contributed by atoms with Crippen molar-refractivity contribution < 1.29 is 14.3 Å². The zero-order valence-corrected chi connectivity index (χ0v) is 8.93. The minimum absolute atomic E-state index is 0.147. The highest BCUT2D eigenvalue weighted by Gasteiger charge is 2.20. The Labute approximate surface area is 92.1 Å². The topological polar surface area (TPSA) is 47.6 Å². The number of rotatable bonds is 2. The van der Waals surface area contributed by atoms with Crippen molar-refractivity contribution in [2.75, 3.05) is 13.3 Å². The summed E-state index contributed by atoms with van der Waals surface area (Å²) in [7, 11) is 0. The smallest absolute Gasteiger partial charge is 0.251 e. The quantitative estimate of drug-likeness (QED) is 0.839. The van der Waals surface area contributed by atoms with Gasteiger partial charge in [-0.2, -0.15) is 0 Å². The molecule has 15 heavy (non-hydrogen) atoms. The second kappa shape index (κ2) is 3.98. The van der Waals surface area contributed by atoms with Crippen LogP contribution in [0.15, 0.2) is 12.1 Å². The van der Waals surface area contributed by atoms with E-state index in [1.165, 1.54) is 0 Å². The third kappa shape index (κ3) is 1.85. The first-order valence-corrected chi connectivity index (χ1v) is 4.97. The molecule has 0 atom stereocenters. The molecule has 1 aromatic rings. The Kier molecular flexibility index (Phi) is 2.68. The van der Waals surface area contributed by atoms with Crippen molar-refractivity contribution in [2.24, 2.45) is 0 Å². The zero-order chi connectivity index (χ0) is 10.8. The average molecular weight is 228 g/mol. The van der Waals surface area contributed by atoms with Crippen molar-refractivity contribution >= 4 is 17.5 Å². The summed E-state index contributed by atoms with van der Waals surface area (Å²) in [4.78, 5) is 11.5. The highest BCUT2D eigenvalue weighted by molar-refractivity contribution is 6.32. The van der Waals surface area contributed by atoms with Crippen LogP contribution in [0.1, 0.15) is 17.3 Å². The number of benzene rings is 1. The number of nitrogens with one attached hydrogen (secondary N) is 1. The number of carbonyl (C=O) groups excluding carboxylic acids is 1. The Morgan fingerprint density at radius 2 is 2.33 bits per heavy atom. The van der Waals surface area contributed by atoms with Crippen LogP contribution in [0.5, 0.6) is 11.5 Å². The van der Waals surface area contributed by atoms with Gasteiger partial charge in [-0.25, -0.2) is 0 Å². The second-order valence-corrected chi connectivity index (χ2v) is 3.46. The molecule has 2 rings (SSSR count). The van der Waals surface area contributed by atoms with Gasteiger partial charge < -0.3 is 14.8 Å². The van der Waals surface area contributed by atoms with E-state index in [4.69, 9.17) is 21.1 Å². The fourth-order valence-corrected chi connectivity index (χ4v) is 1.63. The van der Waals surface area contributed by atoms with Crippen molar-refractivity contribution in [3.63, 3.8) is 0 Å². The average Bonchev–Trinajstić information content (AvgIpc) is 2.66. The number of halogens is 1. The Morgan fingerprint density at radius 3 is 3.07 bits per heavy atom. The largest absolute Gasteiger partial charge is 0.454 e. The van der Waals surface area contributed by atoms with E-state index >= 15 is 0 Å². The number of hydrogen-bond acceptors (Lipinski definition) is 3. The van der Waals surface area contributed by atoms with Gasteiger partial charge in [0, 0.05) is 12.1 Å². The Balaban J connectivity index is 2.35. The lowest BCUT2D eigenvalue weighted by atomic mass is 10.2. The van der Waals surface area contributed by atoms with Crippen molar-refractivity contribution in [3.05, 3.63) is 22.7 Å². The summed E-state index contributed by atoms with van der Waals surface area (Å²) in [5.41, 5.74) is 0.478. The van der Waals surface area contributed by atoms with Crippen molar-refractivity contribution in [1.82, 2.24) is 5.32 Å². The molecule has 1 aromatic carbocycles. The van der Waals surface area contributed by atoms with Crippen LogP contribution in [-0.4, -0.2) is 19.2 Å². The van der Waals surface area contributed by atoms with Gasteiger partial charge in [-0.1, -0.05) is 11.6 Å². The molecule has 0 saturated heterocycles. The van der Waals surface area contributed by atoms with E-state index < -0.39 is 0 Å². The highest BCUT2D eigenvalue weighted by Crippen LogP contribution is 2.39. The lowest BCUT2D eigenvalue weighted by molar-refractivity contribution is 0.0955. The number of hydrogen-bond donors (Lipinski definition) is 1. The summed E-state index contributed by atoms with van der Waals surface area (Å²) in [6, 6.07) is 3.19. The van der Waals surface area contributed by atoms with Gasteiger partial charge in [0.1, 0.15) is 0 Å². The molecule has 0 fully saturated rings. The molecule has 1 N–H and O–H groups in total. The maximum atomic E-state index is 11.5. The molecule has 1 aliphatic rings. The second-order valence-electron chi connectivity index (χ2n) is 3.05. The maximum absolute atomic E-state index is 11.5. The van der Waals surface area contributed by atoms with Crippen molar-refractivity contribution in [1.29, 1.82) is 0 Å². The predicted octanol–water partition coefficient (Wildman–Crippen LogP) is 1.82. The van der Waals surface area contributed by atoms with E-state index in [9.17, 15) is 4.79 Å². The molecule has 80 valence electrons. The summed E-state index contributed by atoms with van der Waals surface area (Å²) in [6.45, 7) is 2.57. The standard InChI is InChI=1S/C10H10ClNO3/c1-2-12-10(13)6-3-7(11)9-8(4-6)14-5-15-9/h3-4H,2,5H2,1H3,(H,12,13). The van der Waals surface area contributed by atoms with Gasteiger partial charge in [-0.3, -0.25) is 4.79 Å². The Hall–Kier alpha value is -1.42. The minimum atomic E-state index is -0.169. The number of ether oxygens (including phenoxy) is 2. The van der Waals surface area contributed by atoms with Gasteiger partial charge in [0.25, 0.3) is 5.91 Å². The summed E-state index contributed by atoms with van der Waals surface area (Å²) in [6.07, 6.45) is 0. The fourth-order valence-electron chi connectivity index (χ4n) is 1.36. The van der Waals surface area contributed by atoms with E-state index in [1.54, 1.807) is 12.1 Å². The number of amides is 1. The molecule has 1 amide bonds. The molecule has 1 heterocycles. The molecular formula is C10H10ClNO3. The maximum Gasteiger partial charge on any atom is 0.251 e. The minimum Gasteiger partial charge on any atom is -0.454 e. The van der Waals surface area contributed by atoms with E-state index in [0.29, 0.717) is 28.6 Å². The molecule has 0 saturated carbocycles. The summed E-state index contributed by atoms with van der Waals surface area (Å²) in [5, 5.41) is 3.08. The van der Waals surface area contributed by atoms with E-state index in [2.05, 4.69) is 5.32 Å². The molecule has 5 heteroatoms. The van der Waals surface area contributed by atoms with Crippen LogP contribution in [0.25, 0.3) is 0 Å². The molecular weight excluding hydrogens is 218 g/mol. The SMILES string of the molecule is CCNC(=O)c1cc(Cl)c2c(c1)OCO2.